The van der Waals surface area contributed by atoms with E-state index in [9.17, 15) is 18.0 Å². The molecule has 1 aromatic heterocycles. The number of aromatic nitrogens is 1. The first-order chi connectivity index (χ1) is 11.0. The fourth-order valence-corrected chi connectivity index (χ4v) is 3.31. The number of benzene rings is 1. The molecule has 1 fully saturated rings. The van der Waals surface area contributed by atoms with Gasteiger partial charge in [0.15, 0.2) is 22.6 Å². The van der Waals surface area contributed by atoms with Gasteiger partial charge in [-0.05, 0) is 19.1 Å². The Morgan fingerprint density at radius 2 is 1.83 bits per heavy atom. The van der Waals surface area contributed by atoms with Crippen molar-refractivity contribution in [3.63, 3.8) is 0 Å². The second kappa shape index (κ2) is 6.19. The first-order valence-electron chi connectivity index (χ1n) is 7.07. The number of rotatable bonds is 2. The lowest BCUT2D eigenvalue weighted by molar-refractivity contribution is 0.0740. The average molecular weight is 341 g/mol. The SMILES string of the molecule is Cc1csc(N2CCN(C(=O)c3ccc(F)c(F)c3F)CC2)n1. The molecule has 0 bridgehead atoms. The molecule has 1 aliphatic rings. The van der Waals surface area contributed by atoms with Crippen LogP contribution in [0.3, 0.4) is 0 Å². The predicted octanol–water partition coefficient (Wildman–Crippen LogP) is 2.83. The van der Waals surface area contributed by atoms with E-state index >= 15 is 0 Å². The highest BCUT2D eigenvalue weighted by Gasteiger charge is 2.27. The summed E-state index contributed by atoms with van der Waals surface area (Å²) in [6.07, 6.45) is 0. The maximum atomic E-state index is 13.7. The van der Waals surface area contributed by atoms with Crippen LogP contribution in [0.1, 0.15) is 16.1 Å². The summed E-state index contributed by atoms with van der Waals surface area (Å²) in [6, 6.07) is 1.74. The van der Waals surface area contributed by atoms with Crippen molar-refractivity contribution in [3.05, 3.63) is 46.2 Å². The molecule has 3 rings (SSSR count). The minimum atomic E-state index is -1.62. The fraction of sp³-hybridized carbons (Fsp3) is 0.333. The number of hydrogen-bond acceptors (Lipinski definition) is 4. The van der Waals surface area contributed by atoms with E-state index in [1.165, 1.54) is 16.2 Å². The third kappa shape index (κ3) is 3.03. The molecule has 1 aliphatic heterocycles. The molecule has 0 unspecified atom stereocenters. The number of halogens is 3. The van der Waals surface area contributed by atoms with E-state index in [-0.39, 0.29) is 0 Å². The van der Waals surface area contributed by atoms with Gasteiger partial charge in [0.1, 0.15) is 0 Å². The van der Waals surface area contributed by atoms with Gasteiger partial charge in [-0.2, -0.15) is 0 Å². The van der Waals surface area contributed by atoms with Crippen LogP contribution in [0, 0.1) is 24.4 Å². The van der Waals surface area contributed by atoms with Gasteiger partial charge >= 0.3 is 0 Å². The molecule has 1 aromatic carbocycles. The van der Waals surface area contributed by atoms with Crippen LogP contribution in [0.2, 0.25) is 0 Å². The molecule has 2 aromatic rings. The Labute approximate surface area is 135 Å². The maximum absolute atomic E-state index is 13.7. The Bertz CT molecular complexity index is 742. The van der Waals surface area contributed by atoms with E-state index in [0.29, 0.717) is 26.2 Å². The fourth-order valence-electron chi connectivity index (χ4n) is 2.45. The number of anilines is 1. The van der Waals surface area contributed by atoms with Crippen LogP contribution < -0.4 is 4.90 Å². The largest absolute Gasteiger partial charge is 0.345 e. The van der Waals surface area contributed by atoms with Crippen LogP contribution in [0.5, 0.6) is 0 Å². The molecule has 2 heterocycles. The normalized spacial score (nSPS) is 15.1. The number of piperazine rings is 1. The molecule has 0 saturated carbocycles. The van der Waals surface area contributed by atoms with Gasteiger partial charge < -0.3 is 9.80 Å². The van der Waals surface area contributed by atoms with Crippen molar-refractivity contribution >= 4 is 22.4 Å². The van der Waals surface area contributed by atoms with Crippen LogP contribution >= 0.6 is 11.3 Å². The van der Waals surface area contributed by atoms with Gasteiger partial charge in [-0.1, -0.05) is 0 Å². The van der Waals surface area contributed by atoms with Crippen molar-refractivity contribution in [3.8, 4) is 0 Å². The van der Waals surface area contributed by atoms with E-state index < -0.39 is 28.9 Å². The first-order valence-corrected chi connectivity index (χ1v) is 7.95. The van der Waals surface area contributed by atoms with Crippen molar-refractivity contribution < 1.29 is 18.0 Å². The maximum Gasteiger partial charge on any atom is 0.257 e. The first kappa shape index (κ1) is 15.8. The molecule has 23 heavy (non-hydrogen) atoms. The molecule has 0 atom stereocenters. The van der Waals surface area contributed by atoms with Gasteiger partial charge in [-0.15, -0.1) is 11.3 Å². The van der Waals surface area contributed by atoms with Crippen LogP contribution in [-0.4, -0.2) is 42.0 Å². The van der Waals surface area contributed by atoms with Crippen molar-refractivity contribution in [2.24, 2.45) is 0 Å². The molecule has 0 N–H and O–H groups in total. The summed E-state index contributed by atoms with van der Waals surface area (Å²) in [5, 5.41) is 2.83. The Balaban J connectivity index is 1.70. The monoisotopic (exact) mass is 341 g/mol. The molecule has 0 radical (unpaired) electrons. The minimum Gasteiger partial charge on any atom is -0.345 e. The zero-order valence-corrected chi connectivity index (χ0v) is 13.2. The Morgan fingerprint density at radius 1 is 1.13 bits per heavy atom. The summed E-state index contributed by atoms with van der Waals surface area (Å²) >= 11 is 1.53. The van der Waals surface area contributed by atoms with E-state index in [1.807, 2.05) is 17.2 Å². The van der Waals surface area contributed by atoms with Gasteiger partial charge in [0.2, 0.25) is 0 Å². The van der Waals surface area contributed by atoms with E-state index in [2.05, 4.69) is 4.98 Å². The minimum absolute atomic E-state index is 0.371. The topological polar surface area (TPSA) is 36.4 Å². The number of carbonyl (C=O) groups excluding carboxylic acids is 1. The van der Waals surface area contributed by atoms with Gasteiger partial charge in [-0.3, -0.25) is 4.79 Å². The van der Waals surface area contributed by atoms with Crippen molar-refractivity contribution in [2.75, 3.05) is 31.1 Å². The molecule has 1 amide bonds. The smallest absolute Gasteiger partial charge is 0.257 e. The number of nitrogens with zero attached hydrogens (tertiary/aromatic N) is 3. The summed E-state index contributed by atoms with van der Waals surface area (Å²) in [5.74, 6) is -4.99. The van der Waals surface area contributed by atoms with Crippen molar-refractivity contribution in [1.29, 1.82) is 0 Å². The molecule has 4 nitrogen and oxygen atoms in total. The lowest BCUT2D eigenvalue weighted by Gasteiger charge is -2.34. The van der Waals surface area contributed by atoms with E-state index in [4.69, 9.17) is 0 Å². The molecule has 8 heteroatoms. The van der Waals surface area contributed by atoms with E-state index in [0.717, 1.165) is 23.0 Å². The molecule has 1 saturated heterocycles. The average Bonchev–Trinajstić information content (AvgIpc) is 2.99. The third-order valence-corrected chi connectivity index (χ3v) is 4.73. The van der Waals surface area contributed by atoms with Gasteiger partial charge in [0, 0.05) is 31.6 Å². The third-order valence-electron chi connectivity index (χ3n) is 3.71. The highest BCUT2D eigenvalue weighted by atomic mass is 32.1. The lowest BCUT2D eigenvalue weighted by Crippen LogP contribution is -2.49. The van der Waals surface area contributed by atoms with Crippen LogP contribution in [-0.2, 0) is 0 Å². The van der Waals surface area contributed by atoms with E-state index in [1.54, 1.807) is 0 Å². The summed E-state index contributed by atoms with van der Waals surface area (Å²) in [7, 11) is 0. The summed E-state index contributed by atoms with van der Waals surface area (Å²) < 4.78 is 40.0. The second-order valence-electron chi connectivity index (χ2n) is 5.27. The Morgan fingerprint density at radius 3 is 2.43 bits per heavy atom. The quantitative estimate of drug-likeness (QED) is 0.788. The number of thiazole rings is 1. The van der Waals surface area contributed by atoms with Gasteiger partial charge in [0.25, 0.3) is 5.91 Å². The lowest BCUT2D eigenvalue weighted by atomic mass is 10.1. The van der Waals surface area contributed by atoms with Crippen LogP contribution in [0.15, 0.2) is 17.5 Å². The second-order valence-corrected chi connectivity index (χ2v) is 6.11. The zero-order chi connectivity index (χ0) is 16.6. The molecule has 0 aliphatic carbocycles. The molecule has 122 valence electrons. The number of hydrogen-bond donors (Lipinski definition) is 0. The predicted molar refractivity (Wildman–Crippen MR) is 81.3 cm³/mol. The van der Waals surface area contributed by atoms with Crippen LogP contribution in [0.25, 0.3) is 0 Å². The van der Waals surface area contributed by atoms with Crippen molar-refractivity contribution in [2.45, 2.75) is 6.92 Å². The van der Waals surface area contributed by atoms with Crippen LogP contribution in [0.4, 0.5) is 18.3 Å². The summed E-state index contributed by atoms with van der Waals surface area (Å²) in [4.78, 5) is 20.2. The number of amides is 1. The summed E-state index contributed by atoms with van der Waals surface area (Å²) in [6.45, 7) is 3.77. The molecular weight excluding hydrogens is 327 g/mol. The van der Waals surface area contributed by atoms with Crippen molar-refractivity contribution in [1.82, 2.24) is 9.88 Å². The highest BCUT2D eigenvalue weighted by Crippen LogP contribution is 2.23. The van der Waals surface area contributed by atoms with Gasteiger partial charge in [0.05, 0.1) is 11.3 Å². The Kier molecular flexibility index (Phi) is 4.25. The zero-order valence-electron chi connectivity index (χ0n) is 12.4. The highest BCUT2D eigenvalue weighted by molar-refractivity contribution is 7.13. The number of carbonyl (C=O) groups is 1. The summed E-state index contributed by atoms with van der Waals surface area (Å²) in [5.41, 5.74) is 0.495. The standard InChI is InChI=1S/C15H14F3N3OS/c1-9-8-23-15(19-9)21-6-4-20(5-7-21)14(22)10-2-3-11(16)13(18)12(10)17/h2-3,8H,4-7H2,1H3. The molecule has 0 spiro atoms. The Hall–Kier alpha value is -2.09. The number of aryl methyl sites for hydroxylation is 1. The van der Waals surface area contributed by atoms with Gasteiger partial charge in [-0.25, -0.2) is 18.2 Å². The molecular formula is C15H14F3N3OS.